The Balaban J connectivity index is 1.96. The SMILES string of the molecule is CCNC(Cc1cncc(Br)c1)C1CCC(C(C)C)CC1. The third-order valence-corrected chi connectivity index (χ3v) is 5.45. The average molecular weight is 353 g/mol. The maximum Gasteiger partial charge on any atom is 0.0410 e. The number of nitrogens with zero attached hydrogens (tertiary/aromatic N) is 1. The summed E-state index contributed by atoms with van der Waals surface area (Å²) in [7, 11) is 0. The van der Waals surface area contributed by atoms with Gasteiger partial charge in [-0.05, 0) is 84.0 Å². The van der Waals surface area contributed by atoms with Gasteiger partial charge in [0.25, 0.3) is 0 Å². The first-order chi connectivity index (χ1) is 10.1. The largest absolute Gasteiger partial charge is 0.314 e. The first-order valence-corrected chi connectivity index (χ1v) is 9.22. The zero-order valence-electron chi connectivity index (χ0n) is 13.6. The van der Waals surface area contributed by atoms with Crippen LogP contribution in [-0.2, 0) is 6.42 Å². The molecule has 1 aromatic heterocycles. The summed E-state index contributed by atoms with van der Waals surface area (Å²) in [5.41, 5.74) is 1.33. The molecule has 1 saturated carbocycles. The minimum Gasteiger partial charge on any atom is -0.314 e. The molecular formula is C18H29BrN2. The van der Waals surface area contributed by atoms with Crippen molar-refractivity contribution in [3.63, 3.8) is 0 Å². The van der Waals surface area contributed by atoms with Gasteiger partial charge in [-0.2, -0.15) is 0 Å². The number of pyridine rings is 1. The molecule has 0 saturated heterocycles. The summed E-state index contributed by atoms with van der Waals surface area (Å²) < 4.78 is 1.08. The Morgan fingerprint density at radius 2 is 1.86 bits per heavy atom. The Morgan fingerprint density at radius 3 is 2.43 bits per heavy atom. The van der Waals surface area contributed by atoms with Crippen LogP contribution in [0.5, 0.6) is 0 Å². The predicted molar refractivity (Wildman–Crippen MR) is 93.4 cm³/mol. The van der Waals surface area contributed by atoms with E-state index in [-0.39, 0.29) is 0 Å². The lowest BCUT2D eigenvalue weighted by Gasteiger charge is -2.36. The van der Waals surface area contributed by atoms with E-state index in [2.05, 4.69) is 53.1 Å². The van der Waals surface area contributed by atoms with Gasteiger partial charge in [0.05, 0.1) is 0 Å². The first-order valence-electron chi connectivity index (χ1n) is 8.43. The lowest BCUT2D eigenvalue weighted by atomic mass is 9.73. The minimum absolute atomic E-state index is 0.596. The van der Waals surface area contributed by atoms with E-state index in [9.17, 15) is 0 Å². The van der Waals surface area contributed by atoms with Crippen molar-refractivity contribution in [3.8, 4) is 0 Å². The summed E-state index contributed by atoms with van der Waals surface area (Å²) in [4.78, 5) is 4.30. The molecule has 1 aliphatic rings. The Morgan fingerprint density at radius 1 is 1.19 bits per heavy atom. The molecule has 1 atom stereocenters. The number of hydrogen-bond donors (Lipinski definition) is 1. The highest BCUT2D eigenvalue weighted by Crippen LogP contribution is 2.35. The van der Waals surface area contributed by atoms with Crippen LogP contribution in [0.2, 0.25) is 0 Å². The normalized spacial score (nSPS) is 24.2. The van der Waals surface area contributed by atoms with Gasteiger partial charge in [0, 0.05) is 22.9 Å². The second kappa shape index (κ2) is 8.28. The number of likely N-dealkylation sites (N-methyl/N-ethyl adjacent to an activating group) is 1. The number of aromatic nitrogens is 1. The third-order valence-electron chi connectivity index (χ3n) is 5.01. The van der Waals surface area contributed by atoms with Crippen molar-refractivity contribution in [1.82, 2.24) is 10.3 Å². The Hall–Kier alpha value is -0.410. The fourth-order valence-electron chi connectivity index (χ4n) is 3.70. The van der Waals surface area contributed by atoms with Gasteiger partial charge in [-0.3, -0.25) is 4.98 Å². The van der Waals surface area contributed by atoms with Crippen LogP contribution in [0.15, 0.2) is 22.9 Å². The van der Waals surface area contributed by atoms with Gasteiger partial charge in [0.1, 0.15) is 0 Å². The highest BCUT2D eigenvalue weighted by Gasteiger charge is 2.28. The van der Waals surface area contributed by atoms with Gasteiger partial charge in [-0.1, -0.05) is 20.8 Å². The van der Waals surface area contributed by atoms with Gasteiger partial charge in [0.15, 0.2) is 0 Å². The Bertz CT molecular complexity index is 425. The molecule has 3 heteroatoms. The van der Waals surface area contributed by atoms with Gasteiger partial charge in [-0.25, -0.2) is 0 Å². The van der Waals surface area contributed by atoms with Gasteiger partial charge >= 0.3 is 0 Å². The Kier molecular flexibility index (Phi) is 6.69. The quantitative estimate of drug-likeness (QED) is 0.793. The molecule has 1 aromatic rings. The van der Waals surface area contributed by atoms with E-state index in [1.807, 2.05) is 12.4 Å². The highest BCUT2D eigenvalue weighted by atomic mass is 79.9. The molecule has 0 aromatic carbocycles. The van der Waals surface area contributed by atoms with Crippen molar-refractivity contribution in [3.05, 3.63) is 28.5 Å². The van der Waals surface area contributed by atoms with Crippen molar-refractivity contribution < 1.29 is 0 Å². The number of rotatable bonds is 6. The van der Waals surface area contributed by atoms with Crippen LogP contribution in [0, 0.1) is 17.8 Å². The van der Waals surface area contributed by atoms with E-state index in [1.54, 1.807) is 0 Å². The number of hydrogen-bond acceptors (Lipinski definition) is 2. The molecule has 1 heterocycles. The lowest BCUT2D eigenvalue weighted by molar-refractivity contribution is 0.188. The maximum absolute atomic E-state index is 4.30. The van der Waals surface area contributed by atoms with Gasteiger partial charge < -0.3 is 5.32 Å². The third kappa shape index (κ3) is 5.07. The molecule has 0 spiro atoms. The van der Waals surface area contributed by atoms with Crippen molar-refractivity contribution in [2.75, 3.05) is 6.54 Å². The predicted octanol–water partition coefficient (Wildman–Crippen LogP) is 4.83. The lowest BCUT2D eigenvalue weighted by Crippen LogP contribution is -2.40. The fourth-order valence-corrected chi connectivity index (χ4v) is 4.12. The van der Waals surface area contributed by atoms with E-state index in [0.717, 1.165) is 35.2 Å². The van der Waals surface area contributed by atoms with Crippen LogP contribution in [0.4, 0.5) is 0 Å². The summed E-state index contributed by atoms with van der Waals surface area (Å²) in [6.07, 6.45) is 10.5. The van der Waals surface area contributed by atoms with Crippen molar-refractivity contribution in [1.29, 1.82) is 0 Å². The van der Waals surface area contributed by atoms with Crippen LogP contribution >= 0.6 is 15.9 Å². The first kappa shape index (κ1) is 17.0. The zero-order chi connectivity index (χ0) is 15.2. The molecule has 1 unspecified atom stereocenters. The molecule has 0 radical (unpaired) electrons. The molecule has 2 rings (SSSR count). The van der Waals surface area contributed by atoms with Crippen LogP contribution < -0.4 is 5.32 Å². The highest BCUT2D eigenvalue weighted by molar-refractivity contribution is 9.10. The monoisotopic (exact) mass is 352 g/mol. The van der Waals surface area contributed by atoms with Gasteiger partial charge in [0.2, 0.25) is 0 Å². The maximum atomic E-state index is 4.30. The topological polar surface area (TPSA) is 24.9 Å². The molecule has 0 amide bonds. The van der Waals surface area contributed by atoms with E-state index in [4.69, 9.17) is 0 Å². The summed E-state index contributed by atoms with van der Waals surface area (Å²) in [6, 6.07) is 2.80. The van der Waals surface area contributed by atoms with Crippen molar-refractivity contribution in [2.45, 2.75) is 58.9 Å². The smallest absolute Gasteiger partial charge is 0.0410 e. The zero-order valence-corrected chi connectivity index (χ0v) is 15.2. The molecule has 21 heavy (non-hydrogen) atoms. The van der Waals surface area contributed by atoms with Gasteiger partial charge in [-0.15, -0.1) is 0 Å². The Labute approximate surface area is 138 Å². The van der Waals surface area contributed by atoms with E-state index < -0.39 is 0 Å². The average Bonchev–Trinajstić information content (AvgIpc) is 2.47. The molecular weight excluding hydrogens is 324 g/mol. The summed E-state index contributed by atoms with van der Waals surface area (Å²) in [5.74, 6) is 2.60. The van der Waals surface area contributed by atoms with Crippen molar-refractivity contribution in [2.24, 2.45) is 17.8 Å². The summed E-state index contributed by atoms with van der Waals surface area (Å²) in [6.45, 7) is 8.02. The van der Waals surface area contributed by atoms with Crippen LogP contribution in [-0.4, -0.2) is 17.6 Å². The molecule has 0 bridgehead atoms. The summed E-state index contributed by atoms with van der Waals surface area (Å²) in [5, 5.41) is 3.72. The van der Waals surface area contributed by atoms with Crippen LogP contribution in [0.3, 0.4) is 0 Å². The minimum atomic E-state index is 0.596. The van der Waals surface area contributed by atoms with E-state index in [0.29, 0.717) is 6.04 Å². The van der Waals surface area contributed by atoms with E-state index >= 15 is 0 Å². The molecule has 1 fully saturated rings. The standard InChI is InChI=1S/C18H29BrN2/c1-4-21-18(10-14-9-17(19)12-20-11-14)16-7-5-15(6-8-16)13(2)3/h9,11-13,15-16,18,21H,4-8,10H2,1-3H3. The molecule has 2 nitrogen and oxygen atoms in total. The molecule has 1 N–H and O–H groups in total. The molecule has 1 aliphatic carbocycles. The fraction of sp³-hybridized carbons (Fsp3) is 0.722. The molecule has 0 aliphatic heterocycles. The second-order valence-electron chi connectivity index (χ2n) is 6.80. The van der Waals surface area contributed by atoms with Crippen LogP contribution in [0.1, 0.15) is 52.0 Å². The second-order valence-corrected chi connectivity index (χ2v) is 7.71. The van der Waals surface area contributed by atoms with E-state index in [1.165, 1.54) is 31.2 Å². The number of halogens is 1. The molecule has 118 valence electrons. The van der Waals surface area contributed by atoms with Crippen molar-refractivity contribution >= 4 is 15.9 Å². The van der Waals surface area contributed by atoms with Crippen LogP contribution in [0.25, 0.3) is 0 Å². The number of nitrogens with one attached hydrogen (secondary N) is 1. The summed E-state index contributed by atoms with van der Waals surface area (Å²) >= 11 is 3.53.